The Balaban J connectivity index is 3.59. The van der Waals surface area contributed by atoms with E-state index in [2.05, 4.69) is 13.8 Å². The Bertz CT molecular complexity index is 300. The number of hydrogen-bond acceptors (Lipinski definition) is 7. The van der Waals surface area contributed by atoms with E-state index < -0.39 is 12.6 Å². The molecule has 0 aromatic heterocycles. The molecule has 0 aliphatic heterocycles. The topological polar surface area (TPSA) is 86.6 Å². The van der Waals surface area contributed by atoms with E-state index in [1.807, 2.05) is 13.8 Å². The first kappa shape index (κ1) is 28.7. The van der Waals surface area contributed by atoms with Crippen LogP contribution < -0.4 is 0 Å². The molecular weight excluding hydrogens is 376 g/mol. The minimum absolute atomic E-state index is 0.167. The summed E-state index contributed by atoms with van der Waals surface area (Å²) < 4.78 is 27.2. The van der Waals surface area contributed by atoms with E-state index in [-0.39, 0.29) is 25.4 Å². The molecule has 0 fully saturated rings. The zero-order chi connectivity index (χ0) is 21.7. The lowest BCUT2D eigenvalue weighted by Crippen LogP contribution is -2.30. The van der Waals surface area contributed by atoms with Crippen LogP contribution >= 0.6 is 0 Å². The summed E-state index contributed by atoms with van der Waals surface area (Å²) in [5, 5.41) is 19.7. The maximum Gasteiger partial charge on any atom is 0.178 e. The van der Waals surface area contributed by atoms with Gasteiger partial charge in [-0.2, -0.15) is 0 Å². The van der Waals surface area contributed by atoms with Crippen LogP contribution in [-0.4, -0.2) is 74.6 Å². The minimum atomic E-state index is -0.954. The fraction of sp³-hybridized carbons (Fsp3) is 1.00. The molecular formula is C22H46O7. The van der Waals surface area contributed by atoms with E-state index >= 15 is 0 Å². The Labute approximate surface area is 178 Å². The molecule has 0 aromatic carbocycles. The molecule has 7 heteroatoms. The summed E-state index contributed by atoms with van der Waals surface area (Å²) in [7, 11) is 0. The average molecular weight is 423 g/mol. The van der Waals surface area contributed by atoms with Crippen molar-refractivity contribution in [3.8, 4) is 0 Å². The first-order valence-electron chi connectivity index (χ1n) is 11.4. The highest BCUT2D eigenvalue weighted by molar-refractivity contribution is 4.54. The highest BCUT2D eigenvalue weighted by Crippen LogP contribution is 2.04. The Morgan fingerprint density at radius 3 is 1.34 bits per heavy atom. The third-order valence-electron chi connectivity index (χ3n) is 4.29. The minimum Gasteiger partial charge on any atom is -0.376 e. The second-order valence-electron chi connectivity index (χ2n) is 7.61. The zero-order valence-corrected chi connectivity index (χ0v) is 19.1. The third kappa shape index (κ3) is 20.8. The molecule has 7 nitrogen and oxygen atoms in total. The fourth-order valence-corrected chi connectivity index (χ4v) is 2.72. The van der Waals surface area contributed by atoms with Crippen LogP contribution in [0.15, 0.2) is 0 Å². The Hall–Kier alpha value is -0.280. The van der Waals surface area contributed by atoms with Gasteiger partial charge < -0.3 is 33.9 Å². The second kappa shape index (κ2) is 21.0. The van der Waals surface area contributed by atoms with Gasteiger partial charge in [0.25, 0.3) is 0 Å². The van der Waals surface area contributed by atoms with Gasteiger partial charge in [0, 0.05) is 13.2 Å². The predicted molar refractivity (Wildman–Crippen MR) is 114 cm³/mol. The van der Waals surface area contributed by atoms with Gasteiger partial charge >= 0.3 is 0 Å². The molecule has 0 aliphatic carbocycles. The van der Waals surface area contributed by atoms with Crippen molar-refractivity contribution >= 4 is 0 Å². The molecule has 0 radical (unpaired) electrons. The Morgan fingerprint density at radius 1 is 0.552 bits per heavy atom. The van der Waals surface area contributed by atoms with Crippen LogP contribution in [0.1, 0.15) is 79.1 Å². The standard InChI is InChI=1S/C22H46O7/c1-5-7-9-11-13-25-17-21(23)28-19(3)15-27-16-20(4)29-22(24)18-26-14-12-10-8-6-2/h19-24H,5-18H2,1-4H3. The predicted octanol–water partition coefficient (Wildman–Crippen LogP) is 3.64. The van der Waals surface area contributed by atoms with Crippen LogP contribution in [0.3, 0.4) is 0 Å². The van der Waals surface area contributed by atoms with Gasteiger partial charge in [-0.15, -0.1) is 0 Å². The highest BCUT2D eigenvalue weighted by atomic mass is 16.7. The Morgan fingerprint density at radius 2 is 0.966 bits per heavy atom. The van der Waals surface area contributed by atoms with Crippen LogP contribution in [0, 0.1) is 0 Å². The van der Waals surface area contributed by atoms with Gasteiger partial charge in [-0.05, 0) is 26.7 Å². The molecule has 0 rings (SSSR count). The van der Waals surface area contributed by atoms with Gasteiger partial charge in [-0.1, -0.05) is 52.4 Å². The third-order valence-corrected chi connectivity index (χ3v) is 4.29. The first-order valence-corrected chi connectivity index (χ1v) is 11.4. The van der Waals surface area contributed by atoms with E-state index in [0.717, 1.165) is 25.7 Å². The molecule has 0 amide bonds. The number of unbranched alkanes of at least 4 members (excludes halogenated alkanes) is 6. The van der Waals surface area contributed by atoms with Crippen molar-refractivity contribution in [3.05, 3.63) is 0 Å². The van der Waals surface area contributed by atoms with Crippen LogP contribution in [0.2, 0.25) is 0 Å². The van der Waals surface area contributed by atoms with Crippen LogP contribution in [0.5, 0.6) is 0 Å². The second-order valence-corrected chi connectivity index (χ2v) is 7.61. The van der Waals surface area contributed by atoms with Crippen LogP contribution in [0.4, 0.5) is 0 Å². The average Bonchev–Trinajstić information content (AvgIpc) is 2.67. The van der Waals surface area contributed by atoms with Crippen molar-refractivity contribution in [2.24, 2.45) is 0 Å². The SMILES string of the molecule is CCCCCCOCC(O)OC(C)COCC(C)OC(O)COCCCCCC. The van der Waals surface area contributed by atoms with Gasteiger partial charge in [0.2, 0.25) is 0 Å². The number of hydrogen-bond donors (Lipinski definition) is 2. The molecule has 176 valence electrons. The molecule has 0 aromatic rings. The normalized spacial score (nSPS) is 15.9. The smallest absolute Gasteiger partial charge is 0.178 e. The molecule has 4 unspecified atom stereocenters. The van der Waals surface area contributed by atoms with Gasteiger partial charge in [0.15, 0.2) is 12.6 Å². The number of rotatable bonds is 22. The maximum absolute atomic E-state index is 9.83. The molecule has 0 saturated heterocycles. The summed E-state index contributed by atoms with van der Waals surface area (Å²) in [4.78, 5) is 0. The summed E-state index contributed by atoms with van der Waals surface area (Å²) in [5.41, 5.74) is 0. The molecule has 29 heavy (non-hydrogen) atoms. The maximum atomic E-state index is 9.83. The van der Waals surface area contributed by atoms with Gasteiger partial charge in [-0.3, -0.25) is 0 Å². The van der Waals surface area contributed by atoms with E-state index in [9.17, 15) is 10.2 Å². The van der Waals surface area contributed by atoms with Gasteiger partial charge in [0.05, 0.1) is 38.6 Å². The van der Waals surface area contributed by atoms with Gasteiger partial charge in [-0.25, -0.2) is 0 Å². The fourth-order valence-electron chi connectivity index (χ4n) is 2.72. The molecule has 2 N–H and O–H groups in total. The highest BCUT2D eigenvalue weighted by Gasteiger charge is 2.14. The lowest BCUT2D eigenvalue weighted by Gasteiger charge is -2.21. The zero-order valence-electron chi connectivity index (χ0n) is 19.1. The van der Waals surface area contributed by atoms with Crippen molar-refractivity contribution < 1.29 is 33.9 Å². The summed E-state index contributed by atoms with van der Waals surface area (Å²) in [5.74, 6) is 0. The summed E-state index contributed by atoms with van der Waals surface area (Å²) in [6.45, 7) is 10.3. The van der Waals surface area contributed by atoms with Crippen molar-refractivity contribution in [2.75, 3.05) is 39.6 Å². The summed E-state index contributed by atoms with van der Waals surface area (Å²) in [6, 6.07) is 0. The number of ether oxygens (including phenoxy) is 5. The largest absolute Gasteiger partial charge is 0.376 e. The van der Waals surface area contributed by atoms with Crippen molar-refractivity contribution in [2.45, 2.75) is 104 Å². The Kier molecular flexibility index (Phi) is 20.8. The first-order chi connectivity index (χ1) is 14.0. The van der Waals surface area contributed by atoms with E-state index in [4.69, 9.17) is 23.7 Å². The molecule has 0 spiro atoms. The number of aliphatic hydroxyl groups is 2. The number of aliphatic hydroxyl groups excluding tert-OH is 2. The van der Waals surface area contributed by atoms with Crippen molar-refractivity contribution in [1.29, 1.82) is 0 Å². The van der Waals surface area contributed by atoms with E-state index in [1.165, 1.54) is 25.7 Å². The molecule has 0 saturated carbocycles. The lowest BCUT2D eigenvalue weighted by molar-refractivity contribution is -0.188. The van der Waals surface area contributed by atoms with Crippen LogP contribution in [0.25, 0.3) is 0 Å². The quantitative estimate of drug-likeness (QED) is 0.203. The molecule has 0 aliphatic rings. The summed E-state index contributed by atoms with van der Waals surface area (Å²) >= 11 is 0. The molecule has 4 atom stereocenters. The van der Waals surface area contributed by atoms with Crippen molar-refractivity contribution in [1.82, 2.24) is 0 Å². The van der Waals surface area contributed by atoms with E-state index in [0.29, 0.717) is 26.4 Å². The monoisotopic (exact) mass is 422 g/mol. The molecule has 0 heterocycles. The summed E-state index contributed by atoms with van der Waals surface area (Å²) in [6.07, 6.45) is 6.68. The van der Waals surface area contributed by atoms with Crippen LogP contribution in [-0.2, 0) is 23.7 Å². The van der Waals surface area contributed by atoms with Gasteiger partial charge in [0.1, 0.15) is 0 Å². The van der Waals surface area contributed by atoms with Crippen molar-refractivity contribution in [3.63, 3.8) is 0 Å². The van der Waals surface area contributed by atoms with E-state index in [1.54, 1.807) is 0 Å². The molecule has 0 bridgehead atoms. The lowest BCUT2D eigenvalue weighted by atomic mass is 10.2.